The van der Waals surface area contributed by atoms with E-state index in [9.17, 15) is 8.42 Å². The number of rotatable bonds is 11. The number of hydrogen-bond donors (Lipinski definition) is 1. The van der Waals surface area contributed by atoms with Crippen molar-refractivity contribution in [3.63, 3.8) is 0 Å². The van der Waals surface area contributed by atoms with E-state index < -0.39 is 9.84 Å². The van der Waals surface area contributed by atoms with Crippen molar-refractivity contribution >= 4 is 9.84 Å². The number of ether oxygens (including phenoxy) is 2. The summed E-state index contributed by atoms with van der Waals surface area (Å²) in [4.78, 5) is 2.32. The van der Waals surface area contributed by atoms with Gasteiger partial charge in [0.05, 0.1) is 18.1 Å². The smallest absolute Gasteiger partial charge is 0.151 e. The van der Waals surface area contributed by atoms with Crippen molar-refractivity contribution < 1.29 is 17.9 Å². The number of hydrogen-bond acceptors (Lipinski definition) is 6. The van der Waals surface area contributed by atoms with Gasteiger partial charge >= 0.3 is 0 Å². The van der Waals surface area contributed by atoms with Crippen LogP contribution in [0.5, 0.6) is 0 Å². The third kappa shape index (κ3) is 7.54. The molecule has 0 saturated carbocycles. The van der Waals surface area contributed by atoms with Gasteiger partial charge in [0.2, 0.25) is 0 Å². The molecular formula is C13H28N2O4S. The molecule has 1 atom stereocenters. The third-order valence-electron chi connectivity index (χ3n) is 3.53. The van der Waals surface area contributed by atoms with Gasteiger partial charge in [-0.25, -0.2) is 8.42 Å². The molecule has 0 spiro atoms. The minimum atomic E-state index is -2.79. The summed E-state index contributed by atoms with van der Waals surface area (Å²) in [7, 11) is 0.623. The van der Waals surface area contributed by atoms with E-state index in [4.69, 9.17) is 9.47 Å². The van der Waals surface area contributed by atoms with Gasteiger partial charge in [0, 0.05) is 53.0 Å². The summed E-state index contributed by atoms with van der Waals surface area (Å²) < 4.78 is 32.9. The van der Waals surface area contributed by atoms with Crippen molar-refractivity contribution in [2.24, 2.45) is 0 Å². The Balaban J connectivity index is 2.19. The van der Waals surface area contributed by atoms with Gasteiger partial charge in [0.15, 0.2) is 9.84 Å². The van der Waals surface area contributed by atoms with Gasteiger partial charge in [-0.05, 0) is 12.8 Å². The lowest BCUT2D eigenvalue weighted by molar-refractivity contribution is 0.132. The molecule has 1 heterocycles. The molecule has 120 valence electrons. The maximum atomic E-state index is 11.4. The van der Waals surface area contributed by atoms with Crippen molar-refractivity contribution in [2.45, 2.75) is 18.9 Å². The van der Waals surface area contributed by atoms with Crippen molar-refractivity contribution in [1.82, 2.24) is 10.2 Å². The summed E-state index contributed by atoms with van der Waals surface area (Å²) in [5.41, 5.74) is 0. The van der Waals surface area contributed by atoms with E-state index in [2.05, 4.69) is 10.2 Å². The predicted octanol–water partition coefficient (Wildman–Crippen LogP) is -0.252. The van der Waals surface area contributed by atoms with E-state index in [1.807, 2.05) is 0 Å². The molecule has 0 bridgehead atoms. The number of nitrogens with zero attached hydrogens (tertiary/aromatic N) is 1. The van der Waals surface area contributed by atoms with Crippen LogP contribution in [0.25, 0.3) is 0 Å². The topological polar surface area (TPSA) is 67.9 Å². The lowest BCUT2D eigenvalue weighted by Crippen LogP contribution is -2.39. The van der Waals surface area contributed by atoms with Crippen molar-refractivity contribution in [3.05, 3.63) is 0 Å². The van der Waals surface area contributed by atoms with Crippen LogP contribution in [-0.4, -0.2) is 84.5 Å². The zero-order valence-corrected chi connectivity index (χ0v) is 13.5. The van der Waals surface area contributed by atoms with Gasteiger partial charge in [-0.3, -0.25) is 4.90 Å². The van der Waals surface area contributed by atoms with Crippen LogP contribution in [0, 0.1) is 0 Å². The summed E-state index contributed by atoms with van der Waals surface area (Å²) >= 11 is 0. The molecule has 0 aromatic rings. The minimum absolute atomic E-state index is 0.128. The Morgan fingerprint density at radius 2 is 1.90 bits per heavy atom. The van der Waals surface area contributed by atoms with Crippen LogP contribution in [-0.2, 0) is 19.3 Å². The molecule has 0 aromatic heterocycles. The average molecular weight is 308 g/mol. The standard InChI is InChI=1S/C13H28N2O4S/c1-18-9-3-6-15(8-10-19-2)7-5-14-13-4-11-20(16,17)12-13/h13-14H,3-12H2,1-2H3. The quantitative estimate of drug-likeness (QED) is 0.531. The molecule has 1 unspecified atom stereocenters. The first-order valence-electron chi connectivity index (χ1n) is 7.21. The van der Waals surface area contributed by atoms with E-state index in [-0.39, 0.29) is 11.8 Å². The number of nitrogens with one attached hydrogen (secondary N) is 1. The van der Waals surface area contributed by atoms with Crippen LogP contribution >= 0.6 is 0 Å². The summed E-state index contributed by atoms with van der Waals surface area (Å²) in [5, 5.41) is 3.34. The molecule has 1 aliphatic rings. The Hall–Kier alpha value is -0.210. The van der Waals surface area contributed by atoms with E-state index in [0.717, 1.165) is 45.6 Å². The Bertz CT molecular complexity index is 348. The Labute approximate surface area is 122 Å². The molecule has 7 heteroatoms. The second-order valence-corrected chi connectivity index (χ2v) is 7.46. The second kappa shape index (κ2) is 9.68. The van der Waals surface area contributed by atoms with Gasteiger partial charge in [0.25, 0.3) is 0 Å². The molecule has 1 rings (SSSR count). The molecule has 6 nitrogen and oxygen atoms in total. The highest BCUT2D eigenvalue weighted by Crippen LogP contribution is 2.10. The van der Waals surface area contributed by atoms with Crippen LogP contribution in [0.1, 0.15) is 12.8 Å². The summed E-state index contributed by atoms with van der Waals surface area (Å²) in [6.07, 6.45) is 1.74. The predicted molar refractivity (Wildman–Crippen MR) is 79.9 cm³/mol. The zero-order chi connectivity index (χ0) is 14.8. The van der Waals surface area contributed by atoms with Gasteiger partial charge in [-0.2, -0.15) is 0 Å². The number of methoxy groups -OCH3 is 2. The highest BCUT2D eigenvalue weighted by molar-refractivity contribution is 7.91. The molecular weight excluding hydrogens is 280 g/mol. The van der Waals surface area contributed by atoms with Gasteiger partial charge in [0.1, 0.15) is 0 Å². The lowest BCUT2D eigenvalue weighted by Gasteiger charge is -2.23. The Morgan fingerprint density at radius 3 is 2.50 bits per heavy atom. The van der Waals surface area contributed by atoms with E-state index in [1.165, 1.54) is 0 Å². The summed E-state index contributed by atoms with van der Waals surface area (Å²) in [5.74, 6) is 0.612. The molecule has 0 aromatic carbocycles. The monoisotopic (exact) mass is 308 g/mol. The molecule has 1 fully saturated rings. The lowest BCUT2D eigenvalue weighted by atomic mass is 10.2. The van der Waals surface area contributed by atoms with E-state index >= 15 is 0 Å². The van der Waals surface area contributed by atoms with E-state index in [0.29, 0.717) is 12.4 Å². The molecule has 0 aliphatic carbocycles. The molecule has 20 heavy (non-hydrogen) atoms. The van der Waals surface area contributed by atoms with Crippen LogP contribution in [0.4, 0.5) is 0 Å². The van der Waals surface area contributed by atoms with Crippen molar-refractivity contribution in [2.75, 3.05) is 65.1 Å². The Morgan fingerprint density at radius 1 is 1.15 bits per heavy atom. The average Bonchev–Trinajstić information content (AvgIpc) is 2.75. The first-order valence-corrected chi connectivity index (χ1v) is 9.03. The minimum Gasteiger partial charge on any atom is -0.385 e. The first-order chi connectivity index (χ1) is 9.57. The normalized spacial score (nSPS) is 21.6. The van der Waals surface area contributed by atoms with Crippen molar-refractivity contribution in [1.29, 1.82) is 0 Å². The van der Waals surface area contributed by atoms with Gasteiger partial charge < -0.3 is 14.8 Å². The molecule has 1 N–H and O–H groups in total. The van der Waals surface area contributed by atoms with E-state index in [1.54, 1.807) is 14.2 Å². The first kappa shape index (κ1) is 17.8. The molecule has 1 aliphatic heterocycles. The molecule has 1 saturated heterocycles. The van der Waals surface area contributed by atoms with Crippen LogP contribution in [0.15, 0.2) is 0 Å². The third-order valence-corrected chi connectivity index (χ3v) is 5.30. The summed E-state index contributed by atoms with van der Waals surface area (Å²) in [6, 6.07) is 0.128. The molecule has 0 radical (unpaired) electrons. The number of sulfone groups is 1. The fraction of sp³-hybridized carbons (Fsp3) is 1.00. The van der Waals surface area contributed by atoms with Gasteiger partial charge in [-0.1, -0.05) is 0 Å². The zero-order valence-electron chi connectivity index (χ0n) is 12.6. The molecule has 0 amide bonds. The van der Waals surface area contributed by atoms with Crippen LogP contribution in [0.2, 0.25) is 0 Å². The highest BCUT2D eigenvalue weighted by atomic mass is 32.2. The SMILES string of the molecule is COCCCN(CCNC1CCS(=O)(=O)C1)CCOC. The summed E-state index contributed by atoms with van der Waals surface area (Å²) in [6.45, 7) is 5.07. The fourth-order valence-electron chi connectivity index (χ4n) is 2.37. The van der Waals surface area contributed by atoms with Gasteiger partial charge in [-0.15, -0.1) is 0 Å². The largest absolute Gasteiger partial charge is 0.385 e. The fourth-order valence-corrected chi connectivity index (χ4v) is 4.08. The maximum Gasteiger partial charge on any atom is 0.151 e. The van der Waals surface area contributed by atoms with Crippen LogP contribution in [0.3, 0.4) is 0 Å². The second-order valence-electron chi connectivity index (χ2n) is 5.23. The maximum absolute atomic E-state index is 11.4. The van der Waals surface area contributed by atoms with Crippen LogP contribution < -0.4 is 5.32 Å². The highest BCUT2D eigenvalue weighted by Gasteiger charge is 2.27. The van der Waals surface area contributed by atoms with Crippen molar-refractivity contribution in [3.8, 4) is 0 Å². The Kier molecular flexibility index (Phi) is 8.63.